The summed E-state index contributed by atoms with van der Waals surface area (Å²) in [6.07, 6.45) is -1.92. The number of carbonyl (C=O) groups is 6. The summed E-state index contributed by atoms with van der Waals surface area (Å²) in [4.78, 5) is 67.6. The van der Waals surface area contributed by atoms with Crippen LogP contribution in [0.5, 0.6) is 0 Å². The summed E-state index contributed by atoms with van der Waals surface area (Å²) >= 11 is 0. The molecule has 0 heterocycles. The summed E-state index contributed by atoms with van der Waals surface area (Å²) in [7, 11) is 0. The van der Waals surface area contributed by atoms with Crippen molar-refractivity contribution in [3.05, 3.63) is 0 Å². The highest BCUT2D eigenvalue weighted by molar-refractivity contribution is 5.82. The molecule has 0 aromatic carbocycles. The van der Waals surface area contributed by atoms with E-state index in [-0.39, 0.29) is 0 Å². The Kier molecular flexibility index (Phi) is 10.1. The molecule has 158 valence electrons. The summed E-state index contributed by atoms with van der Waals surface area (Å²) in [6.45, 7) is -2.90. The lowest BCUT2D eigenvalue weighted by molar-refractivity contribution is -0.154. The Balaban J connectivity index is 5.59. The van der Waals surface area contributed by atoms with Gasteiger partial charge in [-0.15, -0.1) is 0 Å². The quantitative estimate of drug-likeness (QED) is 0.166. The molecule has 0 aliphatic heterocycles. The second kappa shape index (κ2) is 11.5. The minimum absolute atomic E-state index is 0.534. The molecule has 0 saturated heterocycles. The van der Waals surface area contributed by atoms with Crippen LogP contribution in [0.1, 0.15) is 12.8 Å². The molecule has 14 nitrogen and oxygen atoms in total. The number of hydrogen-bond donors (Lipinski definition) is 6. The van der Waals surface area contributed by atoms with Crippen LogP contribution in [0.15, 0.2) is 0 Å². The van der Waals surface area contributed by atoms with Crippen molar-refractivity contribution in [2.75, 3.05) is 26.2 Å². The highest BCUT2D eigenvalue weighted by Crippen LogP contribution is 2.10. The van der Waals surface area contributed by atoms with Crippen LogP contribution in [-0.4, -0.2) is 115 Å². The molecule has 0 saturated carbocycles. The molecule has 14 heteroatoms. The molecule has 0 aromatic rings. The normalized spacial score (nSPS) is 13.1. The van der Waals surface area contributed by atoms with E-state index in [2.05, 4.69) is 0 Å². The van der Waals surface area contributed by atoms with E-state index in [1.165, 1.54) is 0 Å². The number of carboxylic acids is 6. The van der Waals surface area contributed by atoms with E-state index in [0.717, 1.165) is 0 Å². The smallest absolute Gasteiger partial charge is 0.321 e. The second-order valence-electron chi connectivity index (χ2n) is 5.63. The number of hydrogen-bond acceptors (Lipinski definition) is 8. The molecule has 28 heavy (non-hydrogen) atoms. The van der Waals surface area contributed by atoms with Crippen molar-refractivity contribution in [1.29, 1.82) is 0 Å². The Morgan fingerprint density at radius 1 is 0.536 bits per heavy atom. The van der Waals surface area contributed by atoms with E-state index in [4.69, 9.17) is 30.6 Å². The molecular weight excluding hydrogens is 388 g/mol. The molecule has 0 bridgehead atoms. The van der Waals surface area contributed by atoms with Crippen LogP contribution >= 0.6 is 0 Å². The van der Waals surface area contributed by atoms with Crippen molar-refractivity contribution < 1.29 is 59.4 Å². The summed E-state index contributed by atoms with van der Waals surface area (Å²) in [5.41, 5.74) is 0. The van der Waals surface area contributed by atoms with Gasteiger partial charge in [0.15, 0.2) is 0 Å². The minimum atomic E-state index is -1.77. The molecule has 0 amide bonds. The van der Waals surface area contributed by atoms with Gasteiger partial charge < -0.3 is 30.6 Å². The van der Waals surface area contributed by atoms with Crippen LogP contribution in [0.2, 0.25) is 0 Å². The maximum absolute atomic E-state index is 11.3. The first-order chi connectivity index (χ1) is 12.8. The molecule has 2 unspecified atom stereocenters. The Morgan fingerprint density at radius 2 is 0.821 bits per heavy atom. The Bertz CT molecular complexity index is 580. The third kappa shape index (κ3) is 9.44. The van der Waals surface area contributed by atoms with E-state index in [9.17, 15) is 28.8 Å². The van der Waals surface area contributed by atoms with Crippen LogP contribution in [0.4, 0.5) is 0 Å². The van der Waals surface area contributed by atoms with E-state index >= 15 is 0 Å². The summed E-state index contributed by atoms with van der Waals surface area (Å²) in [5, 5.41) is 53.7. The van der Waals surface area contributed by atoms with Gasteiger partial charge in [-0.3, -0.25) is 38.6 Å². The summed E-state index contributed by atoms with van der Waals surface area (Å²) in [5.74, 6) is -9.34. The van der Waals surface area contributed by atoms with E-state index < -0.39 is 86.9 Å². The molecule has 6 N–H and O–H groups in total. The van der Waals surface area contributed by atoms with Gasteiger partial charge in [-0.25, -0.2) is 0 Å². The Morgan fingerprint density at radius 3 is 1.00 bits per heavy atom. The van der Waals surface area contributed by atoms with E-state index in [0.29, 0.717) is 9.80 Å². The van der Waals surface area contributed by atoms with Gasteiger partial charge in [0, 0.05) is 13.1 Å². The van der Waals surface area contributed by atoms with Gasteiger partial charge in [0.2, 0.25) is 0 Å². The van der Waals surface area contributed by atoms with Crippen molar-refractivity contribution in [2.24, 2.45) is 0 Å². The van der Waals surface area contributed by atoms with Gasteiger partial charge in [0.05, 0.1) is 25.9 Å². The van der Waals surface area contributed by atoms with Crippen LogP contribution in [0.3, 0.4) is 0 Å². The van der Waals surface area contributed by atoms with Gasteiger partial charge in [0.25, 0.3) is 0 Å². The summed E-state index contributed by atoms with van der Waals surface area (Å²) in [6, 6.07) is -3.55. The van der Waals surface area contributed by atoms with Gasteiger partial charge >= 0.3 is 35.8 Å². The predicted octanol–water partition coefficient (Wildman–Crippen LogP) is -2.38. The monoisotopic (exact) mass is 408 g/mol. The molecule has 0 aliphatic carbocycles. The second-order valence-corrected chi connectivity index (χ2v) is 5.63. The standard InChI is InChI=1S/C14H20N2O12/c17-9(18)3-7(13(25)26)15(5-11(21)22)1-2-16(6-12(23)24)8(14(27)28)4-10(19)20/h7-8H,1-6H2,(H,17,18)(H,19,20)(H,21,22)(H,23,24)(H,25,26)(H,27,28). The minimum Gasteiger partial charge on any atom is -0.481 e. The van der Waals surface area contributed by atoms with Crippen molar-refractivity contribution >= 4 is 35.8 Å². The first-order valence-corrected chi connectivity index (χ1v) is 7.66. The highest BCUT2D eigenvalue weighted by atomic mass is 16.4. The molecule has 0 rings (SSSR count). The Hall–Kier alpha value is -3.26. The lowest BCUT2D eigenvalue weighted by Gasteiger charge is -2.31. The molecule has 2 atom stereocenters. The van der Waals surface area contributed by atoms with Crippen molar-refractivity contribution in [3.63, 3.8) is 0 Å². The number of rotatable bonds is 15. The zero-order valence-electron chi connectivity index (χ0n) is 14.4. The van der Waals surface area contributed by atoms with Crippen LogP contribution < -0.4 is 0 Å². The first-order valence-electron chi connectivity index (χ1n) is 7.66. The van der Waals surface area contributed by atoms with E-state index in [1.54, 1.807) is 0 Å². The molecule has 0 aliphatic rings. The van der Waals surface area contributed by atoms with Gasteiger partial charge in [-0.2, -0.15) is 0 Å². The maximum Gasteiger partial charge on any atom is 0.321 e. The molecule has 0 radical (unpaired) electrons. The van der Waals surface area contributed by atoms with Gasteiger partial charge in [0.1, 0.15) is 12.1 Å². The Labute approximate surface area is 157 Å². The SMILES string of the molecule is O=C(O)CC(C(=O)O)N(CCN(CC(=O)O)C(CC(=O)O)C(=O)O)CC(=O)O. The average Bonchev–Trinajstić information content (AvgIpc) is 2.51. The molecule has 0 spiro atoms. The number of nitrogens with zero attached hydrogens (tertiary/aromatic N) is 2. The highest BCUT2D eigenvalue weighted by Gasteiger charge is 2.33. The first kappa shape index (κ1) is 24.7. The lowest BCUT2D eigenvalue weighted by Crippen LogP contribution is -2.52. The molecule has 0 aromatic heterocycles. The number of carboxylic acid groups (broad SMARTS) is 6. The van der Waals surface area contributed by atoms with Crippen molar-refractivity contribution in [3.8, 4) is 0 Å². The fourth-order valence-electron chi connectivity index (χ4n) is 2.37. The van der Waals surface area contributed by atoms with Crippen molar-refractivity contribution in [1.82, 2.24) is 9.80 Å². The molecule has 0 fully saturated rings. The maximum atomic E-state index is 11.3. The third-order valence-electron chi connectivity index (χ3n) is 3.54. The lowest BCUT2D eigenvalue weighted by atomic mass is 10.1. The third-order valence-corrected chi connectivity index (χ3v) is 3.54. The van der Waals surface area contributed by atoms with Crippen molar-refractivity contribution in [2.45, 2.75) is 24.9 Å². The fraction of sp³-hybridized carbons (Fsp3) is 0.571. The van der Waals surface area contributed by atoms with Gasteiger partial charge in [-0.05, 0) is 0 Å². The average molecular weight is 408 g/mol. The van der Waals surface area contributed by atoms with E-state index in [1.807, 2.05) is 0 Å². The zero-order chi connectivity index (χ0) is 22.0. The van der Waals surface area contributed by atoms with Gasteiger partial charge in [-0.1, -0.05) is 0 Å². The summed E-state index contributed by atoms with van der Waals surface area (Å²) < 4.78 is 0. The molecular formula is C14H20N2O12. The number of aliphatic carboxylic acids is 6. The zero-order valence-corrected chi connectivity index (χ0v) is 14.4. The fourth-order valence-corrected chi connectivity index (χ4v) is 2.37. The van der Waals surface area contributed by atoms with Crippen LogP contribution in [0.25, 0.3) is 0 Å². The topological polar surface area (TPSA) is 230 Å². The van der Waals surface area contributed by atoms with Crippen LogP contribution in [-0.2, 0) is 28.8 Å². The predicted molar refractivity (Wildman–Crippen MR) is 85.8 cm³/mol. The van der Waals surface area contributed by atoms with Crippen LogP contribution in [0, 0.1) is 0 Å². The largest absolute Gasteiger partial charge is 0.481 e.